The number of allylic oxidation sites excluding steroid dienone is 16. The van der Waals surface area contributed by atoms with Crippen LogP contribution < -0.4 is 0 Å². The summed E-state index contributed by atoms with van der Waals surface area (Å²) >= 11 is 0. The minimum atomic E-state index is -0.811. The quantitative estimate of drug-likeness (QED) is 0.0262. The Labute approximate surface area is 394 Å². The molecule has 0 radical (unpaired) electrons. The molecule has 6 nitrogen and oxygen atoms in total. The molecule has 0 aliphatic heterocycles. The van der Waals surface area contributed by atoms with Gasteiger partial charge in [-0.15, -0.1) is 0 Å². The average molecular weight is 889 g/mol. The van der Waals surface area contributed by atoms with Crippen molar-refractivity contribution in [3.8, 4) is 0 Å². The molecule has 0 spiro atoms. The second-order valence-corrected chi connectivity index (χ2v) is 17.0. The highest BCUT2D eigenvalue weighted by Crippen LogP contribution is 2.15. The van der Waals surface area contributed by atoms with Gasteiger partial charge in [0, 0.05) is 19.3 Å². The zero-order valence-electron chi connectivity index (χ0n) is 41.5. The van der Waals surface area contributed by atoms with E-state index in [4.69, 9.17) is 14.2 Å². The zero-order valence-corrected chi connectivity index (χ0v) is 41.5. The molecule has 0 rings (SSSR count). The van der Waals surface area contributed by atoms with Crippen LogP contribution in [0.5, 0.6) is 0 Å². The summed E-state index contributed by atoms with van der Waals surface area (Å²) in [4.78, 5) is 38.0. The number of esters is 3. The summed E-state index contributed by atoms with van der Waals surface area (Å²) in [6, 6.07) is 0. The Morgan fingerprint density at radius 1 is 0.328 bits per heavy atom. The van der Waals surface area contributed by atoms with Crippen molar-refractivity contribution in [2.75, 3.05) is 13.2 Å². The molecule has 1 atom stereocenters. The maximum atomic E-state index is 12.8. The standard InChI is InChI=1S/C58H96O6/c1-4-7-10-13-16-19-22-25-27-29-31-33-36-39-42-45-48-51-57(60)63-54-55(53-62-56(59)50-47-44-41-38-35-32-24-21-18-15-12-9-6-3)64-58(61)52-49-46-43-40-37-34-30-28-26-23-20-17-14-11-8-5-2/h7,9-10,12,16,18-19,21,25,27,31-33,35,39,42,55H,4-6,8,11,13-15,17,20,22-24,26,28-30,34,36-38,40-41,43-54H2,1-3H3/b10-7-,12-9-,19-16-,21-18-,27-25-,33-31-,35-32-,42-39-. The van der Waals surface area contributed by atoms with Gasteiger partial charge in [-0.3, -0.25) is 14.4 Å². The van der Waals surface area contributed by atoms with Gasteiger partial charge in [0.2, 0.25) is 0 Å². The molecule has 0 bridgehead atoms. The molecule has 0 saturated carbocycles. The number of carbonyl (C=O) groups excluding carboxylic acids is 3. The Hall–Kier alpha value is -3.67. The van der Waals surface area contributed by atoms with Gasteiger partial charge in [-0.2, -0.15) is 0 Å². The van der Waals surface area contributed by atoms with Gasteiger partial charge < -0.3 is 14.2 Å². The second-order valence-electron chi connectivity index (χ2n) is 17.0. The van der Waals surface area contributed by atoms with Crippen LogP contribution in [0.4, 0.5) is 0 Å². The molecular formula is C58H96O6. The van der Waals surface area contributed by atoms with Crippen molar-refractivity contribution in [1.82, 2.24) is 0 Å². The summed E-state index contributed by atoms with van der Waals surface area (Å²) < 4.78 is 16.7. The third-order valence-corrected chi connectivity index (χ3v) is 10.8. The Bertz CT molecular complexity index is 1300. The number of hydrogen-bond acceptors (Lipinski definition) is 6. The van der Waals surface area contributed by atoms with E-state index in [1.54, 1.807) is 0 Å². The first kappa shape index (κ1) is 60.3. The molecule has 1 unspecified atom stereocenters. The molecule has 0 aliphatic carbocycles. The minimum Gasteiger partial charge on any atom is -0.462 e. The first-order valence-electron chi connectivity index (χ1n) is 26.2. The first-order chi connectivity index (χ1) is 31.5. The van der Waals surface area contributed by atoms with Gasteiger partial charge in [-0.1, -0.05) is 221 Å². The SMILES string of the molecule is CC/C=C\C/C=C\C/C=C\C/C=C\C/C=C\CCCC(=O)OCC(COC(=O)CCCCC/C=C\C/C=C\C/C=C\CC)OC(=O)CCCCCCCCCCCCCCCCCC. The third kappa shape index (κ3) is 49.3. The van der Waals surface area contributed by atoms with Crippen LogP contribution in [0.25, 0.3) is 0 Å². The Balaban J connectivity index is 4.50. The van der Waals surface area contributed by atoms with Crippen LogP contribution in [0.1, 0.15) is 233 Å². The van der Waals surface area contributed by atoms with E-state index in [1.165, 1.54) is 83.5 Å². The highest BCUT2D eigenvalue weighted by Gasteiger charge is 2.19. The third-order valence-electron chi connectivity index (χ3n) is 10.8. The molecule has 0 N–H and O–H groups in total. The van der Waals surface area contributed by atoms with E-state index >= 15 is 0 Å². The predicted molar refractivity (Wildman–Crippen MR) is 274 cm³/mol. The van der Waals surface area contributed by atoms with Gasteiger partial charge >= 0.3 is 17.9 Å². The fourth-order valence-electron chi connectivity index (χ4n) is 6.96. The summed E-state index contributed by atoms with van der Waals surface area (Å²) in [5.74, 6) is -0.996. The number of hydrogen-bond donors (Lipinski definition) is 0. The van der Waals surface area contributed by atoms with Gasteiger partial charge in [-0.25, -0.2) is 0 Å². The van der Waals surface area contributed by atoms with Crippen molar-refractivity contribution in [1.29, 1.82) is 0 Å². The van der Waals surface area contributed by atoms with E-state index in [2.05, 4.69) is 118 Å². The van der Waals surface area contributed by atoms with Crippen molar-refractivity contribution in [2.45, 2.75) is 239 Å². The van der Waals surface area contributed by atoms with E-state index in [-0.39, 0.29) is 37.5 Å². The largest absolute Gasteiger partial charge is 0.462 e. The molecule has 0 saturated heterocycles. The predicted octanol–water partition coefficient (Wildman–Crippen LogP) is 17.4. The lowest BCUT2D eigenvalue weighted by molar-refractivity contribution is -0.167. The fraction of sp³-hybridized carbons (Fsp3) is 0.672. The van der Waals surface area contributed by atoms with E-state index in [9.17, 15) is 14.4 Å². The van der Waals surface area contributed by atoms with E-state index in [0.29, 0.717) is 19.3 Å². The zero-order chi connectivity index (χ0) is 46.5. The Kier molecular flexibility index (Phi) is 49.0. The lowest BCUT2D eigenvalue weighted by Gasteiger charge is -2.18. The van der Waals surface area contributed by atoms with Crippen LogP contribution >= 0.6 is 0 Å². The molecular weight excluding hydrogens is 793 g/mol. The van der Waals surface area contributed by atoms with Crippen molar-refractivity contribution in [3.63, 3.8) is 0 Å². The van der Waals surface area contributed by atoms with Crippen molar-refractivity contribution in [3.05, 3.63) is 97.2 Å². The van der Waals surface area contributed by atoms with Gasteiger partial charge in [0.15, 0.2) is 6.10 Å². The smallest absolute Gasteiger partial charge is 0.306 e. The van der Waals surface area contributed by atoms with Crippen LogP contribution in [0, 0.1) is 0 Å². The summed E-state index contributed by atoms with van der Waals surface area (Å²) in [5.41, 5.74) is 0. The topological polar surface area (TPSA) is 78.9 Å². The number of carbonyl (C=O) groups is 3. The summed E-state index contributed by atoms with van der Waals surface area (Å²) in [6.45, 7) is 6.34. The lowest BCUT2D eigenvalue weighted by atomic mass is 10.0. The normalized spacial score (nSPS) is 12.9. The molecule has 0 heterocycles. The molecule has 0 aromatic rings. The number of ether oxygens (including phenoxy) is 3. The van der Waals surface area contributed by atoms with Crippen molar-refractivity contribution in [2.24, 2.45) is 0 Å². The Morgan fingerprint density at radius 2 is 0.625 bits per heavy atom. The van der Waals surface area contributed by atoms with E-state index < -0.39 is 6.10 Å². The molecule has 6 heteroatoms. The monoisotopic (exact) mass is 889 g/mol. The van der Waals surface area contributed by atoms with Gasteiger partial charge in [-0.05, 0) is 89.9 Å². The fourth-order valence-corrected chi connectivity index (χ4v) is 6.96. The molecule has 0 aliphatic rings. The average Bonchev–Trinajstić information content (AvgIpc) is 3.29. The Morgan fingerprint density at radius 3 is 1.02 bits per heavy atom. The highest BCUT2D eigenvalue weighted by molar-refractivity contribution is 5.71. The van der Waals surface area contributed by atoms with Crippen molar-refractivity contribution >= 4 is 17.9 Å². The number of unbranched alkanes of at least 4 members (excludes halogenated alkanes) is 19. The van der Waals surface area contributed by atoms with Crippen LogP contribution in [-0.4, -0.2) is 37.2 Å². The summed E-state index contributed by atoms with van der Waals surface area (Å²) in [7, 11) is 0. The molecule has 0 amide bonds. The van der Waals surface area contributed by atoms with Crippen molar-refractivity contribution < 1.29 is 28.6 Å². The lowest BCUT2D eigenvalue weighted by Crippen LogP contribution is -2.30. The first-order valence-corrected chi connectivity index (χ1v) is 26.2. The summed E-state index contributed by atoms with van der Waals surface area (Å²) in [6.07, 6.45) is 68.3. The van der Waals surface area contributed by atoms with Crippen LogP contribution in [0.3, 0.4) is 0 Å². The van der Waals surface area contributed by atoms with Gasteiger partial charge in [0.1, 0.15) is 13.2 Å². The molecule has 364 valence electrons. The summed E-state index contributed by atoms with van der Waals surface area (Å²) in [5, 5.41) is 0. The highest BCUT2D eigenvalue weighted by atomic mass is 16.6. The van der Waals surface area contributed by atoms with E-state index in [0.717, 1.165) is 103 Å². The second kappa shape index (κ2) is 52.0. The molecule has 0 fully saturated rings. The van der Waals surface area contributed by atoms with Gasteiger partial charge in [0.25, 0.3) is 0 Å². The maximum absolute atomic E-state index is 12.8. The van der Waals surface area contributed by atoms with Gasteiger partial charge in [0.05, 0.1) is 0 Å². The van der Waals surface area contributed by atoms with Crippen LogP contribution in [0.15, 0.2) is 97.2 Å². The maximum Gasteiger partial charge on any atom is 0.306 e. The number of rotatable bonds is 46. The van der Waals surface area contributed by atoms with Crippen LogP contribution in [0.2, 0.25) is 0 Å². The molecule has 0 aromatic heterocycles. The van der Waals surface area contributed by atoms with Crippen LogP contribution in [-0.2, 0) is 28.6 Å². The minimum absolute atomic E-state index is 0.110. The molecule has 0 aromatic carbocycles. The molecule has 64 heavy (non-hydrogen) atoms. The van der Waals surface area contributed by atoms with E-state index in [1.807, 2.05) is 0 Å².